The van der Waals surface area contributed by atoms with Crippen LogP contribution in [0.5, 0.6) is 0 Å². The molecule has 31 heavy (non-hydrogen) atoms. The predicted molar refractivity (Wildman–Crippen MR) is 109 cm³/mol. The van der Waals surface area contributed by atoms with E-state index in [4.69, 9.17) is 10.00 Å². The van der Waals surface area contributed by atoms with E-state index in [1.165, 1.54) is 11.0 Å². The molecule has 1 atom stereocenters. The minimum absolute atomic E-state index is 0.183. The standard InChI is InChI=1S/C23H18FN3O4/c1-31-23(30)27-21(16-7-5-14(13-25)6-8-16)20-18(9-10-19(20)28)26(22(27)29)17-4-2-3-15(11-17)12-24/h2-8,11,21H,9-10,12H2,1H3. The zero-order valence-electron chi connectivity index (χ0n) is 16.7. The summed E-state index contributed by atoms with van der Waals surface area (Å²) < 4.78 is 18.1. The number of amides is 3. The van der Waals surface area contributed by atoms with Crippen molar-refractivity contribution in [3.8, 4) is 6.07 Å². The van der Waals surface area contributed by atoms with E-state index in [1.54, 1.807) is 42.5 Å². The quantitative estimate of drug-likeness (QED) is 0.736. The molecule has 0 N–H and O–H groups in total. The van der Waals surface area contributed by atoms with Crippen molar-refractivity contribution in [3.63, 3.8) is 0 Å². The fraction of sp³-hybridized carbons (Fsp3) is 0.217. The average molecular weight is 419 g/mol. The fourth-order valence-corrected chi connectivity index (χ4v) is 4.05. The van der Waals surface area contributed by atoms with Crippen LogP contribution < -0.4 is 4.90 Å². The van der Waals surface area contributed by atoms with Gasteiger partial charge in [-0.05, 0) is 41.8 Å². The maximum absolute atomic E-state index is 13.5. The third-order valence-electron chi connectivity index (χ3n) is 5.45. The molecular weight excluding hydrogens is 401 g/mol. The molecule has 1 aliphatic heterocycles. The number of rotatable bonds is 3. The summed E-state index contributed by atoms with van der Waals surface area (Å²) in [6.45, 7) is -0.713. The lowest BCUT2D eigenvalue weighted by molar-refractivity contribution is -0.115. The monoisotopic (exact) mass is 419 g/mol. The first-order valence-electron chi connectivity index (χ1n) is 9.62. The van der Waals surface area contributed by atoms with Crippen molar-refractivity contribution in [2.75, 3.05) is 12.0 Å². The van der Waals surface area contributed by atoms with Gasteiger partial charge in [-0.25, -0.2) is 18.9 Å². The maximum atomic E-state index is 13.5. The lowest BCUT2D eigenvalue weighted by Crippen LogP contribution is -2.52. The van der Waals surface area contributed by atoms with Crippen molar-refractivity contribution in [2.24, 2.45) is 0 Å². The molecule has 1 heterocycles. The summed E-state index contributed by atoms with van der Waals surface area (Å²) in [6, 6.07) is 13.0. The number of anilines is 1. The largest absolute Gasteiger partial charge is 0.452 e. The minimum atomic E-state index is -0.974. The predicted octanol–water partition coefficient (Wildman–Crippen LogP) is 4.39. The van der Waals surface area contributed by atoms with Crippen LogP contribution in [0.3, 0.4) is 0 Å². The van der Waals surface area contributed by atoms with Crippen LogP contribution in [0.4, 0.5) is 19.7 Å². The van der Waals surface area contributed by atoms with Gasteiger partial charge in [0, 0.05) is 17.7 Å². The first-order chi connectivity index (χ1) is 15.0. The molecule has 0 saturated heterocycles. The van der Waals surface area contributed by atoms with Crippen LogP contribution in [-0.4, -0.2) is 29.9 Å². The first kappa shape index (κ1) is 20.3. The van der Waals surface area contributed by atoms with Gasteiger partial charge < -0.3 is 4.74 Å². The van der Waals surface area contributed by atoms with Crippen molar-refractivity contribution in [1.82, 2.24) is 4.90 Å². The number of nitrogens with zero attached hydrogens (tertiary/aromatic N) is 3. The summed E-state index contributed by atoms with van der Waals surface area (Å²) in [4.78, 5) is 41.3. The lowest BCUT2D eigenvalue weighted by Gasteiger charge is -2.40. The molecule has 4 rings (SSSR count). The third-order valence-corrected chi connectivity index (χ3v) is 5.45. The van der Waals surface area contributed by atoms with Gasteiger partial charge in [0.1, 0.15) is 12.7 Å². The number of ether oxygens (including phenoxy) is 1. The number of hydrogen-bond donors (Lipinski definition) is 0. The third kappa shape index (κ3) is 3.34. The number of halogens is 1. The van der Waals surface area contributed by atoms with Crippen molar-refractivity contribution in [2.45, 2.75) is 25.6 Å². The number of ketones is 1. The molecule has 2 aromatic carbocycles. The Bertz CT molecular complexity index is 1150. The van der Waals surface area contributed by atoms with E-state index >= 15 is 0 Å². The summed E-state index contributed by atoms with van der Waals surface area (Å²) in [6.07, 6.45) is -0.405. The Morgan fingerprint density at radius 2 is 1.94 bits per heavy atom. The van der Waals surface area contributed by atoms with E-state index in [9.17, 15) is 18.8 Å². The molecule has 2 aliphatic rings. The molecule has 3 amide bonds. The van der Waals surface area contributed by atoms with Crippen LogP contribution in [0.15, 0.2) is 59.8 Å². The summed E-state index contributed by atoms with van der Waals surface area (Å²) in [5.74, 6) is -0.183. The second-order valence-corrected chi connectivity index (χ2v) is 7.18. The maximum Gasteiger partial charge on any atom is 0.418 e. The smallest absolute Gasteiger partial charge is 0.418 e. The summed E-state index contributed by atoms with van der Waals surface area (Å²) in [5.41, 5.74) is 2.47. The zero-order valence-corrected chi connectivity index (χ0v) is 16.7. The Labute approximate surface area is 177 Å². The van der Waals surface area contributed by atoms with Crippen LogP contribution in [0, 0.1) is 11.3 Å². The highest BCUT2D eigenvalue weighted by atomic mass is 19.1. The number of methoxy groups -OCH3 is 1. The van der Waals surface area contributed by atoms with Crippen LogP contribution >= 0.6 is 0 Å². The second kappa shape index (κ2) is 8.03. The summed E-state index contributed by atoms with van der Waals surface area (Å²) in [5, 5.41) is 9.07. The molecule has 1 aliphatic carbocycles. The average Bonchev–Trinajstić information content (AvgIpc) is 3.18. The Morgan fingerprint density at radius 1 is 1.19 bits per heavy atom. The topological polar surface area (TPSA) is 90.7 Å². The molecule has 0 bridgehead atoms. The second-order valence-electron chi connectivity index (χ2n) is 7.18. The van der Waals surface area contributed by atoms with Crippen molar-refractivity contribution < 1.29 is 23.5 Å². The molecule has 2 aromatic rings. The number of allylic oxidation sites excluding steroid dienone is 1. The van der Waals surface area contributed by atoms with Gasteiger partial charge in [-0.15, -0.1) is 0 Å². The van der Waals surface area contributed by atoms with Crippen molar-refractivity contribution >= 4 is 23.6 Å². The highest BCUT2D eigenvalue weighted by molar-refractivity contribution is 6.12. The SMILES string of the molecule is COC(=O)N1C(=O)N(c2cccc(CF)c2)C2=C(C(=O)CC2)C1c1ccc(C#N)cc1. The lowest BCUT2D eigenvalue weighted by atomic mass is 9.92. The highest BCUT2D eigenvalue weighted by Crippen LogP contribution is 2.45. The molecule has 0 spiro atoms. The van der Waals surface area contributed by atoms with Crippen LogP contribution in [0.1, 0.15) is 35.6 Å². The molecule has 0 aromatic heterocycles. The van der Waals surface area contributed by atoms with Gasteiger partial charge in [-0.1, -0.05) is 24.3 Å². The number of hydrogen-bond acceptors (Lipinski definition) is 5. The summed E-state index contributed by atoms with van der Waals surface area (Å²) >= 11 is 0. The number of carbonyl (C=O) groups is 3. The number of imide groups is 1. The zero-order chi connectivity index (χ0) is 22.1. The normalized spacial score (nSPS) is 18.2. The van der Waals surface area contributed by atoms with Gasteiger partial charge in [0.25, 0.3) is 0 Å². The molecule has 0 saturated carbocycles. The molecule has 0 radical (unpaired) electrons. The fourth-order valence-electron chi connectivity index (χ4n) is 4.05. The molecule has 7 nitrogen and oxygen atoms in total. The first-order valence-corrected chi connectivity index (χ1v) is 9.62. The minimum Gasteiger partial charge on any atom is -0.452 e. The van der Waals surface area contributed by atoms with Gasteiger partial charge in [-0.3, -0.25) is 9.69 Å². The number of nitriles is 1. The molecule has 8 heteroatoms. The van der Waals surface area contributed by atoms with Gasteiger partial charge in [0.15, 0.2) is 5.78 Å². The van der Waals surface area contributed by atoms with E-state index in [0.717, 1.165) is 12.0 Å². The number of alkyl halides is 1. The van der Waals surface area contributed by atoms with Crippen LogP contribution in [0.25, 0.3) is 0 Å². The number of urea groups is 1. The van der Waals surface area contributed by atoms with E-state index in [0.29, 0.717) is 40.1 Å². The van der Waals surface area contributed by atoms with Crippen molar-refractivity contribution in [1.29, 1.82) is 5.26 Å². The molecule has 1 unspecified atom stereocenters. The highest BCUT2D eigenvalue weighted by Gasteiger charge is 2.48. The van der Waals surface area contributed by atoms with E-state index < -0.39 is 24.8 Å². The van der Waals surface area contributed by atoms with Gasteiger partial charge in [0.2, 0.25) is 0 Å². The molecule has 0 fully saturated rings. The summed E-state index contributed by atoms with van der Waals surface area (Å²) in [7, 11) is 1.15. The molecule has 156 valence electrons. The number of carbonyl (C=O) groups excluding carboxylic acids is 3. The number of benzene rings is 2. The Morgan fingerprint density at radius 3 is 2.58 bits per heavy atom. The van der Waals surface area contributed by atoms with Crippen LogP contribution in [0.2, 0.25) is 0 Å². The van der Waals surface area contributed by atoms with Crippen molar-refractivity contribution in [3.05, 3.63) is 76.5 Å². The van der Waals surface area contributed by atoms with Gasteiger partial charge in [-0.2, -0.15) is 5.26 Å². The Hall–Kier alpha value is -3.99. The Balaban J connectivity index is 1.93. The number of Topliss-reactive ketones (excluding diaryl/α,β-unsaturated/α-hetero) is 1. The molecular formula is C23H18FN3O4. The van der Waals surface area contributed by atoms with Gasteiger partial charge >= 0.3 is 12.1 Å². The van der Waals surface area contributed by atoms with Gasteiger partial charge in [0.05, 0.1) is 24.4 Å². The van der Waals surface area contributed by atoms with E-state index in [2.05, 4.69) is 0 Å². The van der Waals surface area contributed by atoms with E-state index in [1.807, 2.05) is 6.07 Å². The van der Waals surface area contributed by atoms with E-state index in [-0.39, 0.29) is 12.2 Å². The van der Waals surface area contributed by atoms with Crippen LogP contribution in [-0.2, 0) is 16.2 Å². The Kier molecular flexibility index (Phi) is 5.26.